The van der Waals surface area contributed by atoms with Crippen molar-refractivity contribution in [3.63, 3.8) is 0 Å². The number of benzene rings is 2. The van der Waals surface area contributed by atoms with Crippen LogP contribution in [-0.4, -0.2) is 18.4 Å². The minimum atomic E-state index is -0.444. The topological polar surface area (TPSA) is 52.6 Å². The molecule has 0 aliphatic rings. The molecule has 0 radical (unpaired) electrons. The Kier molecular flexibility index (Phi) is 15.6. The molecule has 0 saturated carbocycles. The fraction of sp³-hybridized carbons (Fsp3) is 0.444. The van der Waals surface area contributed by atoms with Crippen molar-refractivity contribution in [3.05, 3.63) is 88.1 Å². The van der Waals surface area contributed by atoms with Crippen molar-refractivity contribution in [2.24, 2.45) is 0 Å². The largest absolute Gasteiger partial charge is 0.494 e. The molecule has 2 aromatic carbocycles. The summed E-state index contributed by atoms with van der Waals surface area (Å²) in [6, 6.07) is 17.6. The summed E-state index contributed by atoms with van der Waals surface area (Å²) < 4.78 is 11.3. The van der Waals surface area contributed by atoms with Gasteiger partial charge < -0.3 is 9.47 Å². The number of ether oxygens (including phenoxy) is 2. The van der Waals surface area contributed by atoms with E-state index in [9.17, 15) is 9.59 Å². The molecule has 220 valence electrons. The number of thiophene rings is 1. The fourth-order valence-corrected chi connectivity index (χ4v) is 5.29. The molecule has 0 amide bonds. The average molecular weight is 575 g/mol. The highest BCUT2D eigenvalue weighted by atomic mass is 32.1. The van der Waals surface area contributed by atoms with Crippen molar-refractivity contribution in [1.29, 1.82) is 0 Å². The Balaban J connectivity index is 1.24. The number of hydrogen-bond acceptors (Lipinski definition) is 5. The Labute approximate surface area is 250 Å². The van der Waals surface area contributed by atoms with Crippen molar-refractivity contribution >= 4 is 29.2 Å². The minimum Gasteiger partial charge on any atom is -0.494 e. The van der Waals surface area contributed by atoms with E-state index in [0.717, 1.165) is 17.0 Å². The maximum Gasteiger partial charge on any atom is 0.343 e. The van der Waals surface area contributed by atoms with Gasteiger partial charge in [-0.15, -0.1) is 11.3 Å². The van der Waals surface area contributed by atoms with Crippen LogP contribution in [0.25, 0.3) is 6.08 Å². The second-order valence-corrected chi connectivity index (χ2v) is 11.6. The van der Waals surface area contributed by atoms with Gasteiger partial charge in [-0.1, -0.05) is 96.5 Å². The molecule has 0 unspecified atom stereocenters. The van der Waals surface area contributed by atoms with Crippen LogP contribution in [-0.2, 0) is 0 Å². The minimum absolute atomic E-state index is 0.0963. The summed E-state index contributed by atoms with van der Waals surface area (Å²) >= 11 is 1.58. The number of unbranched alkanes of at least 4 members (excludes halogenated alkanes) is 13. The second kappa shape index (κ2) is 19.8. The summed E-state index contributed by atoms with van der Waals surface area (Å²) in [5, 5.41) is 1.97. The van der Waals surface area contributed by atoms with Crippen molar-refractivity contribution in [3.8, 4) is 11.5 Å². The van der Waals surface area contributed by atoms with E-state index in [1.54, 1.807) is 59.9 Å². The highest BCUT2D eigenvalue weighted by Crippen LogP contribution is 2.19. The van der Waals surface area contributed by atoms with Gasteiger partial charge in [-0.2, -0.15) is 0 Å². The Morgan fingerprint density at radius 3 is 1.76 bits per heavy atom. The first kappa shape index (κ1) is 32.3. The lowest BCUT2D eigenvalue weighted by molar-refractivity contribution is 0.0734. The third-order valence-corrected chi connectivity index (χ3v) is 7.99. The standard InChI is InChI=1S/C36H46O4S/c1-2-3-4-5-6-7-8-9-10-11-12-13-14-15-28-39-32-22-20-31(21-23-32)36(38)40-33-24-18-30(19-25-33)35(37)27-26-34-17-16-29-41-34/h16-27,29H,2-15,28H2,1H3/b27-26+. The molecule has 1 heterocycles. The van der Waals surface area contributed by atoms with Crippen LogP contribution < -0.4 is 9.47 Å². The van der Waals surface area contributed by atoms with Crippen LogP contribution in [0, 0.1) is 0 Å². The van der Waals surface area contributed by atoms with E-state index in [1.807, 2.05) is 29.6 Å². The van der Waals surface area contributed by atoms with Gasteiger partial charge in [0.05, 0.1) is 12.2 Å². The third kappa shape index (κ3) is 13.4. The van der Waals surface area contributed by atoms with Gasteiger partial charge in [0.25, 0.3) is 0 Å². The molecule has 0 spiro atoms. The van der Waals surface area contributed by atoms with Crippen LogP contribution in [0.5, 0.6) is 11.5 Å². The monoisotopic (exact) mass is 574 g/mol. The number of hydrogen-bond donors (Lipinski definition) is 0. The first-order valence-corrected chi connectivity index (χ1v) is 16.3. The number of ketones is 1. The lowest BCUT2D eigenvalue weighted by Crippen LogP contribution is -2.08. The summed E-state index contributed by atoms with van der Waals surface area (Å²) in [5.74, 6) is 0.614. The number of carbonyl (C=O) groups is 2. The van der Waals surface area contributed by atoms with Gasteiger partial charge >= 0.3 is 5.97 Å². The zero-order valence-electron chi connectivity index (χ0n) is 24.7. The Morgan fingerprint density at radius 1 is 0.659 bits per heavy atom. The quantitative estimate of drug-likeness (QED) is 0.0417. The highest BCUT2D eigenvalue weighted by Gasteiger charge is 2.10. The Bertz CT molecular complexity index is 1150. The van der Waals surface area contributed by atoms with Gasteiger partial charge in [-0.3, -0.25) is 4.79 Å². The fourth-order valence-electron chi connectivity index (χ4n) is 4.67. The van der Waals surface area contributed by atoms with Crippen molar-refractivity contribution in [2.45, 2.75) is 96.8 Å². The first-order chi connectivity index (χ1) is 20.2. The van der Waals surface area contributed by atoms with Crippen LogP contribution in [0.4, 0.5) is 0 Å². The molecule has 5 heteroatoms. The van der Waals surface area contributed by atoms with Gasteiger partial charge in [0, 0.05) is 10.4 Å². The van der Waals surface area contributed by atoms with E-state index in [0.29, 0.717) is 23.5 Å². The maximum absolute atomic E-state index is 12.5. The van der Waals surface area contributed by atoms with E-state index >= 15 is 0 Å². The number of rotatable bonds is 21. The molecule has 1 aromatic heterocycles. The smallest absolute Gasteiger partial charge is 0.343 e. The summed E-state index contributed by atoms with van der Waals surface area (Å²) in [5.41, 5.74) is 0.991. The molecule has 41 heavy (non-hydrogen) atoms. The molecule has 0 N–H and O–H groups in total. The first-order valence-electron chi connectivity index (χ1n) is 15.5. The normalized spacial score (nSPS) is 11.1. The van der Waals surface area contributed by atoms with Crippen LogP contribution in [0.2, 0.25) is 0 Å². The zero-order valence-corrected chi connectivity index (χ0v) is 25.5. The summed E-state index contributed by atoms with van der Waals surface area (Å²) in [7, 11) is 0. The summed E-state index contributed by atoms with van der Waals surface area (Å²) in [4.78, 5) is 25.9. The number of esters is 1. The lowest BCUT2D eigenvalue weighted by atomic mass is 10.0. The van der Waals surface area contributed by atoms with Gasteiger partial charge in [0.2, 0.25) is 0 Å². The lowest BCUT2D eigenvalue weighted by Gasteiger charge is -2.08. The van der Waals surface area contributed by atoms with Gasteiger partial charge in [-0.05, 0) is 78.6 Å². The van der Waals surface area contributed by atoms with E-state index in [2.05, 4.69) is 6.92 Å². The molecule has 3 rings (SSSR count). The molecule has 0 saturated heterocycles. The molecule has 0 atom stereocenters. The SMILES string of the molecule is CCCCCCCCCCCCCCCCOc1ccc(C(=O)Oc2ccc(C(=O)/C=C/c3cccs3)cc2)cc1. The van der Waals surface area contributed by atoms with E-state index in [4.69, 9.17) is 9.47 Å². The van der Waals surface area contributed by atoms with Crippen LogP contribution in [0.3, 0.4) is 0 Å². The van der Waals surface area contributed by atoms with E-state index in [-0.39, 0.29) is 5.78 Å². The van der Waals surface area contributed by atoms with Crippen molar-refractivity contribution in [1.82, 2.24) is 0 Å². The molecule has 0 fully saturated rings. The highest BCUT2D eigenvalue weighted by molar-refractivity contribution is 7.10. The molecule has 0 bridgehead atoms. The molecule has 0 aliphatic carbocycles. The van der Waals surface area contributed by atoms with Gasteiger partial charge in [-0.25, -0.2) is 4.79 Å². The Hall–Kier alpha value is -3.18. The van der Waals surface area contributed by atoms with Crippen LogP contribution in [0.1, 0.15) is 122 Å². The molecule has 4 nitrogen and oxygen atoms in total. The Morgan fingerprint density at radius 2 is 1.20 bits per heavy atom. The zero-order chi connectivity index (χ0) is 29.0. The van der Waals surface area contributed by atoms with Gasteiger partial charge in [0.1, 0.15) is 11.5 Å². The van der Waals surface area contributed by atoms with Crippen molar-refractivity contribution < 1.29 is 19.1 Å². The predicted octanol–water partition coefficient (Wildman–Crippen LogP) is 10.7. The third-order valence-electron chi connectivity index (χ3n) is 7.15. The molecule has 3 aromatic rings. The van der Waals surface area contributed by atoms with Gasteiger partial charge in [0.15, 0.2) is 5.78 Å². The van der Waals surface area contributed by atoms with Crippen LogP contribution >= 0.6 is 11.3 Å². The van der Waals surface area contributed by atoms with E-state index in [1.165, 1.54) is 83.5 Å². The molecular formula is C36H46O4S. The van der Waals surface area contributed by atoms with E-state index < -0.39 is 5.97 Å². The summed E-state index contributed by atoms with van der Waals surface area (Å²) in [6.07, 6.45) is 22.1. The average Bonchev–Trinajstić information content (AvgIpc) is 3.52. The second-order valence-electron chi connectivity index (χ2n) is 10.6. The number of carbonyl (C=O) groups excluding carboxylic acids is 2. The van der Waals surface area contributed by atoms with Crippen molar-refractivity contribution in [2.75, 3.05) is 6.61 Å². The molecular weight excluding hydrogens is 528 g/mol. The molecule has 0 aliphatic heterocycles. The number of allylic oxidation sites excluding steroid dienone is 1. The maximum atomic E-state index is 12.5. The summed E-state index contributed by atoms with van der Waals surface area (Å²) in [6.45, 7) is 2.96. The van der Waals surface area contributed by atoms with Crippen LogP contribution in [0.15, 0.2) is 72.1 Å². The predicted molar refractivity (Wildman–Crippen MR) is 171 cm³/mol.